The van der Waals surface area contributed by atoms with Crippen LogP contribution in [0, 0.1) is 0 Å². The second-order valence-electron chi connectivity index (χ2n) is 4.62. The Morgan fingerprint density at radius 2 is 2.15 bits per heavy atom. The van der Waals surface area contributed by atoms with Crippen molar-refractivity contribution in [3.05, 3.63) is 42.0 Å². The highest BCUT2D eigenvalue weighted by molar-refractivity contribution is 5.67. The minimum Gasteiger partial charge on any atom is -0.493 e. The molecule has 0 spiro atoms. The fourth-order valence-corrected chi connectivity index (χ4v) is 2.28. The van der Waals surface area contributed by atoms with Crippen molar-refractivity contribution in [1.29, 1.82) is 0 Å². The molecule has 104 valence electrons. The van der Waals surface area contributed by atoms with E-state index in [1.54, 1.807) is 0 Å². The number of para-hydroxylation sites is 1. The Kier molecular flexibility index (Phi) is 3.83. The van der Waals surface area contributed by atoms with E-state index in [0.29, 0.717) is 13.2 Å². The van der Waals surface area contributed by atoms with Gasteiger partial charge in [-0.05, 0) is 25.1 Å². The van der Waals surface area contributed by atoms with Gasteiger partial charge in [0.05, 0.1) is 12.3 Å². The van der Waals surface area contributed by atoms with E-state index in [1.165, 1.54) is 0 Å². The number of fused-ring (bicyclic) bond motifs is 1. The molecule has 0 aliphatic carbocycles. The van der Waals surface area contributed by atoms with Gasteiger partial charge >= 0.3 is 0 Å². The lowest BCUT2D eigenvalue weighted by molar-refractivity contribution is 0.314. The standard InChI is InChI=1S/C16H18N2O2/c1-2-19-15-6-4-3-5-13(15)14-8-7-12-11-17-9-10-20-16(12)18-14/h3-8,17H,2,9-11H2,1H3. The average Bonchev–Trinajstić information content (AvgIpc) is 2.72. The van der Waals surface area contributed by atoms with E-state index < -0.39 is 0 Å². The number of rotatable bonds is 3. The number of nitrogens with one attached hydrogen (secondary N) is 1. The van der Waals surface area contributed by atoms with Crippen molar-refractivity contribution in [2.75, 3.05) is 19.8 Å². The highest BCUT2D eigenvalue weighted by Gasteiger charge is 2.13. The van der Waals surface area contributed by atoms with Crippen LogP contribution in [-0.4, -0.2) is 24.7 Å². The van der Waals surface area contributed by atoms with Crippen LogP contribution in [0.4, 0.5) is 0 Å². The molecule has 1 aliphatic rings. The van der Waals surface area contributed by atoms with E-state index in [4.69, 9.17) is 9.47 Å². The lowest BCUT2D eigenvalue weighted by Crippen LogP contribution is -2.16. The monoisotopic (exact) mass is 270 g/mol. The Morgan fingerprint density at radius 3 is 3.05 bits per heavy atom. The van der Waals surface area contributed by atoms with Crippen LogP contribution in [0.3, 0.4) is 0 Å². The van der Waals surface area contributed by atoms with E-state index in [1.807, 2.05) is 37.3 Å². The summed E-state index contributed by atoms with van der Waals surface area (Å²) in [4.78, 5) is 4.64. The van der Waals surface area contributed by atoms with Crippen LogP contribution in [0.2, 0.25) is 0 Å². The van der Waals surface area contributed by atoms with Gasteiger partial charge in [0.25, 0.3) is 0 Å². The van der Waals surface area contributed by atoms with E-state index in [0.717, 1.165) is 41.5 Å². The van der Waals surface area contributed by atoms with Crippen molar-refractivity contribution < 1.29 is 9.47 Å². The molecular weight excluding hydrogens is 252 g/mol. The predicted molar refractivity (Wildman–Crippen MR) is 78.0 cm³/mol. The van der Waals surface area contributed by atoms with Gasteiger partial charge in [-0.15, -0.1) is 0 Å². The number of benzene rings is 1. The van der Waals surface area contributed by atoms with E-state index >= 15 is 0 Å². The summed E-state index contributed by atoms with van der Waals surface area (Å²) >= 11 is 0. The molecule has 1 aliphatic heterocycles. The molecule has 3 rings (SSSR count). The summed E-state index contributed by atoms with van der Waals surface area (Å²) in [5.74, 6) is 1.58. The first-order valence-corrected chi connectivity index (χ1v) is 6.94. The Bertz CT molecular complexity index is 599. The third-order valence-electron chi connectivity index (χ3n) is 3.24. The van der Waals surface area contributed by atoms with E-state index in [9.17, 15) is 0 Å². The fraction of sp³-hybridized carbons (Fsp3) is 0.312. The Balaban J connectivity index is 2.00. The first-order chi connectivity index (χ1) is 9.88. The molecular formula is C16H18N2O2. The van der Waals surface area contributed by atoms with E-state index in [-0.39, 0.29) is 0 Å². The molecule has 0 bridgehead atoms. The van der Waals surface area contributed by atoms with Gasteiger partial charge in [0.15, 0.2) is 0 Å². The number of ether oxygens (including phenoxy) is 2. The second kappa shape index (κ2) is 5.92. The summed E-state index contributed by atoms with van der Waals surface area (Å²) in [7, 11) is 0. The van der Waals surface area contributed by atoms with Crippen LogP contribution in [0.15, 0.2) is 36.4 Å². The van der Waals surface area contributed by atoms with Gasteiger partial charge in [0.1, 0.15) is 12.4 Å². The normalized spacial score (nSPS) is 14.1. The first-order valence-electron chi connectivity index (χ1n) is 6.94. The molecule has 0 amide bonds. The Morgan fingerprint density at radius 1 is 1.25 bits per heavy atom. The van der Waals surface area contributed by atoms with Crippen molar-refractivity contribution in [3.63, 3.8) is 0 Å². The summed E-state index contributed by atoms with van der Waals surface area (Å²) in [5.41, 5.74) is 2.98. The summed E-state index contributed by atoms with van der Waals surface area (Å²) in [5, 5.41) is 3.30. The van der Waals surface area contributed by atoms with Crippen molar-refractivity contribution >= 4 is 0 Å². The highest BCUT2D eigenvalue weighted by atomic mass is 16.5. The molecule has 0 saturated carbocycles. The SMILES string of the molecule is CCOc1ccccc1-c1ccc2c(n1)OCCNC2. The summed E-state index contributed by atoms with van der Waals surface area (Å²) < 4.78 is 11.4. The van der Waals surface area contributed by atoms with Gasteiger partial charge < -0.3 is 14.8 Å². The third-order valence-corrected chi connectivity index (χ3v) is 3.24. The Hall–Kier alpha value is -2.07. The number of aromatic nitrogens is 1. The predicted octanol–water partition coefficient (Wildman–Crippen LogP) is 2.63. The topological polar surface area (TPSA) is 43.4 Å². The van der Waals surface area contributed by atoms with Crippen LogP contribution >= 0.6 is 0 Å². The van der Waals surface area contributed by atoms with Gasteiger partial charge in [-0.1, -0.05) is 18.2 Å². The minimum absolute atomic E-state index is 0.641. The molecule has 0 unspecified atom stereocenters. The van der Waals surface area contributed by atoms with Crippen LogP contribution in [0.25, 0.3) is 11.3 Å². The van der Waals surface area contributed by atoms with Gasteiger partial charge in [0.2, 0.25) is 5.88 Å². The van der Waals surface area contributed by atoms with Gasteiger partial charge in [-0.25, -0.2) is 4.98 Å². The molecule has 2 aromatic rings. The zero-order valence-electron chi connectivity index (χ0n) is 11.6. The molecule has 1 N–H and O–H groups in total. The second-order valence-corrected chi connectivity index (χ2v) is 4.62. The molecule has 0 radical (unpaired) electrons. The minimum atomic E-state index is 0.641. The van der Waals surface area contributed by atoms with Crippen LogP contribution in [0.5, 0.6) is 11.6 Å². The van der Waals surface area contributed by atoms with Crippen molar-refractivity contribution in [2.24, 2.45) is 0 Å². The summed E-state index contributed by atoms with van der Waals surface area (Å²) in [6, 6.07) is 12.0. The molecule has 0 saturated heterocycles. The first kappa shape index (κ1) is 12.9. The number of hydrogen-bond acceptors (Lipinski definition) is 4. The van der Waals surface area contributed by atoms with Gasteiger partial charge in [0, 0.05) is 24.2 Å². The lowest BCUT2D eigenvalue weighted by Gasteiger charge is -2.11. The third kappa shape index (κ3) is 2.60. The molecule has 1 aromatic heterocycles. The maximum atomic E-state index is 5.70. The van der Waals surface area contributed by atoms with Crippen LogP contribution in [-0.2, 0) is 6.54 Å². The Labute approximate surface area is 118 Å². The summed E-state index contributed by atoms with van der Waals surface area (Å²) in [6.07, 6.45) is 0. The van der Waals surface area contributed by atoms with Crippen molar-refractivity contribution in [1.82, 2.24) is 10.3 Å². The number of pyridine rings is 1. The van der Waals surface area contributed by atoms with Crippen LogP contribution in [0.1, 0.15) is 12.5 Å². The molecule has 1 aromatic carbocycles. The summed E-state index contributed by atoms with van der Waals surface area (Å²) in [6.45, 7) is 4.92. The largest absolute Gasteiger partial charge is 0.493 e. The lowest BCUT2D eigenvalue weighted by atomic mass is 10.1. The van der Waals surface area contributed by atoms with Crippen LogP contribution < -0.4 is 14.8 Å². The smallest absolute Gasteiger partial charge is 0.218 e. The average molecular weight is 270 g/mol. The molecule has 4 heteroatoms. The molecule has 0 fully saturated rings. The quantitative estimate of drug-likeness (QED) is 0.931. The van der Waals surface area contributed by atoms with Gasteiger partial charge in [-0.3, -0.25) is 0 Å². The fourth-order valence-electron chi connectivity index (χ4n) is 2.28. The maximum absolute atomic E-state index is 5.70. The van der Waals surface area contributed by atoms with Crippen molar-refractivity contribution in [3.8, 4) is 22.9 Å². The zero-order chi connectivity index (χ0) is 13.8. The van der Waals surface area contributed by atoms with E-state index in [2.05, 4.69) is 16.4 Å². The number of nitrogens with zero attached hydrogens (tertiary/aromatic N) is 1. The molecule has 0 atom stereocenters. The maximum Gasteiger partial charge on any atom is 0.218 e. The highest BCUT2D eigenvalue weighted by Crippen LogP contribution is 2.31. The molecule has 20 heavy (non-hydrogen) atoms. The molecule has 4 nitrogen and oxygen atoms in total. The zero-order valence-corrected chi connectivity index (χ0v) is 11.6. The number of hydrogen-bond donors (Lipinski definition) is 1. The van der Waals surface area contributed by atoms with Crippen molar-refractivity contribution in [2.45, 2.75) is 13.5 Å². The molecule has 2 heterocycles. The van der Waals surface area contributed by atoms with Gasteiger partial charge in [-0.2, -0.15) is 0 Å².